The van der Waals surface area contributed by atoms with Crippen molar-refractivity contribution in [3.8, 4) is 0 Å². The van der Waals surface area contributed by atoms with Crippen LogP contribution < -0.4 is 0 Å². The second kappa shape index (κ2) is 9.37. The minimum absolute atomic E-state index is 0. The first-order chi connectivity index (χ1) is 14.7. The van der Waals surface area contributed by atoms with Crippen molar-refractivity contribution in [2.24, 2.45) is 5.92 Å². The number of aromatic nitrogens is 2. The Bertz CT molecular complexity index is 1050. The first-order valence-corrected chi connectivity index (χ1v) is 10.9. The third-order valence-corrected chi connectivity index (χ3v) is 6.43. The third-order valence-electron chi connectivity index (χ3n) is 6.43. The Balaban J connectivity index is 0.00000231. The van der Waals surface area contributed by atoms with E-state index in [9.17, 15) is 9.18 Å². The van der Waals surface area contributed by atoms with Crippen LogP contribution in [0.5, 0.6) is 0 Å². The first kappa shape index (κ1) is 21.8. The van der Waals surface area contributed by atoms with E-state index >= 15 is 0 Å². The summed E-state index contributed by atoms with van der Waals surface area (Å²) in [5, 5.41) is 5.55. The van der Waals surface area contributed by atoms with Crippen molar-refractivity contribution < 1.29 is 9.18 Å². The number of halogens is 2. The molecular formula is C24H28ClFN4O. The van der Waals surface area contributed by atoms with E-state index in [0.717, 1.165) is 75.1 Å². The van der Waals surface area contributed by atoms with Gasteiger partial charge in [-0.05, 0) is 55.5 Å². The van der Waals surface area contributed by atoms with Gasteiger partial charge in [0.15, 0.2) is 0 Å². The Morgan fingerprint density at radius 2 is 1.84 bits per heavy atom. The maximum Gasteiger partial charge on any atom is 0.272 e. The van der Waals surface area contributed by atoms with Crippen LogP contribution in [-0.4, -0.2) is 58.2 Å². The molecule has 0 radical (unpaired) electrons. The fourth-order valence-electron chi connectivity index (χ4n) is 4.86. The lowest BCUT2D eigenvalue weighted by Crippen LogP contribution is -2.46. The summed E-state index contributed by atoms with van der Waals surface area (Å²) in [7, 11) is 0. The summed E-state index contributed by atoms with van der Waals surface area (Å²) in [5.41, 5.74) is 2.80. The fourth-order valence-corrected chi connectivity index (χ4v) is 4.86. The van der Waals surface area contributed by atoms with Crippen LogP contribution in [0, 0.1) is 11.7 Å². The molecule has 7 heteroatoms. The second-order valence-electron chi connectivity index (χ2n) is 8.53. The number of hydrogen-bond acceptors (Lipinski definition) is 3. The molecule has 31 heavy (non-hydrogen) atoms. The van der Waals surface area contributed by atoms with Crippen molar-refractivity contribution >= 4 is 29.2 Å². The van der Waals surface area contributed by atoms with Gasteiger partial charge >= 0.3 is 0 Å². The molecule has 0 spiro atoms. The van der Waals surface area contributed by atoms with E-state index in [1.54, 1.807) is 0 Å². The van der Waals surface area contributed by atoms with Crippen LogP contribution in [0.3, 0.4) is 0 Å². The molecule has 3 heterocycles. The van der Waals surface area contributed by atoms with Gasteiger partial charge in [0.05, 0.1) is 12.1 Å². The van der Waals surface area contributed by atoms with Gasteiger partial charge in [0, 0.05) is 31.6 Å². The lowest BCUT2D eigenvalue weighted by Gasteiger charge is -2.37. The Morgan fingerprint density at radius 3 is 2.68 bits per heavy atom. The zero-order valence-electron chi connectivity index (χ0n) is 17.5. The summed E-state index contributed by atoms with van der Waals surface area (Å²) in [5.74, 6) is 0.423. The summed E-state index contributed by atoms with van der Waals surface area (Å²) < 4.78 is 15.0. The lowest BCUT2D eigenvalue weighted by molar-refractivity contribution is 0.0619. The maximum atomic E-state index is 13.2. The average Bonchev–Trinajstić information content (AvgIpc) is 3.15. The molecule has 2 aliphatic rings. The van der Waals surface area contributed by atoms with E-state index in [-0.39, 0.29) is 24.1 Å². The maximum absolute atomic E-state index is 13.2. The van der Waals surface area contributed by atoms with E-state index in [1.165, 1.54) is 17.7 Å². The fraction of sp³-hybridized carbons (Fsp3) is 0.417. The lowest BCUT2D eigenvalue weighted by atomic mass is 9.96. The number of rotatable bonds is 5. The standard InChI is InChI=1S/C24H27FN4O.ClH/c25-20-9-7-18(8-10-20)11-13-27-12-3-4-19(16-27)17-28-14-15-29-23(24(28)30)21-5-1-2-6-22(21)26-29;/h1-2,5-10,19H,3-4,11-17H2;1H. The summed E-state index contributed by atoms with van der Waals surface area (Å²) in [6.45, 7) is 5.40. The minimum atomic E-state index is -0.183. The van der Waals surface area contributed by atoms with Crippen LogP contribution in [0.15, 0.2) is 48.5 Å². The molecule has 0 bridgehead atoms. The van der Waals surface area contributed by atoms with Crippen molar-refractivity contribution in [1.82, 2.24) is 19.6 Å². The number of likely N-dealkylation sites (tertiary alicyclic amines) is 1. The number of carbonyl (C=O) groups excluding carboxylic acids is 1. The zero-order chi connectivity index (χ0) is 20.5. The number of piperidine rings is 1. The molecule has 2 aromatic carbocycles. The van der Waals surface area contributed by atoms with E-state index in [1.807, 2.05) is 46.0 Å². The van der Waals surface area contributed by atoms with Gasteiger partial charge in [-0.15, -0.1) is 12.4 Å². The molecule has 1 saturated heterocycles. The molecule has 0 saturated carbocycles. The van der Waals surface area contributed by atoms with Crippen LogP contribution >= 0.6 is 12.4 Å². The Labute approximate surface area is 188 Å². The number of hydrogen-bond donors (Lipinski definition) is 0. The second-order valence-corrected chi connectivity index (χ2v) is 8.53. The van der Waals surface area contributed by atoms with Gasteiger partial charge in [-0.25, -0.2) is 4.39 Å². The molecule has 1 unspecified atom stereocenters. The van der Waals surface area contributed by atoms with Crippen LogP contribution in [0.2, 0.25) is 0 Å². The van der Waals surface area contributed by atoms with Gasteiger partial charge in [-0.3, -0.25) is 9.48 Å². The quantitative estimate of drug-likeness (QED) is 0.599. The number of carbonyl (C=O) groups is 1. The minimum Gasteiger partial charge on any atom is -0.335 e. The summed E-state index contributed by atoms with van der Waals surface area (Å²) in [6.07, 6.45) is 3.26. The van der Waals surface area contributed by atoms with Crippen LogP contribution in [-0.2, 0) is 13.0 Å². The number of nitrogens with zero attached hydrogens (tertiary/aromatic N) is 4. The van der Waals surface area contributed by atoms with Crippen molar-refractivity contribution in [3.63, 3.8) is 0 Å². The largest absolute Gasteiger partial charge is 0.335 e. The van der Waals surface area contributed by atoms with Gasteiger partial charge < -0.3 is 9.80 Å². The van der Waals surface area contributed by atoms with E-state index < -0.39 is 0 Å². The molecule has 0 aliphatic carbocycles. The Morgan fingerprint density at radius 1 is 1.03 bits per heavy atom. The average molecular weight is 443 g/mol. The molecule has 3 aromatic rings. The zero-order valence-corrected chi connectivity index (χ0v) is 18.4. The van der Waals surface area contributed by atoms with Gasteiger partial charge in [0.2, 0.25) is 0 Å². The smallest absolute Gasteiger partial charge is 0.272 e. The highest BCUT2D eigenvalue weighted by Gasteiger charge is 2.31. The highest BCUT2D eigenvalue weighted by molar-refractivity contribution is 6.05. The van der Waals surface area contributed by atoms with Crippen molar-refractivity contribution in [1.29, 1.82) is 0 Å². The number of benzene rings is 2. The molecule has 2 aliphatic heterocycles. The highest BCUT2D eigenvalue weighted by Crippen LogP contribution is 2.25. The highest BCUT2D eigenvalue weighted by atomic mass is 35.5. The predicted octanol–water partition coefficient (Wildman–Crippen LogP) is 4.01. The van der Waals surface area contributed by atoms with Gasteiger partial charge in [0.1, 0.15) is 11.5 Å². The van der Waals surface area contributed by atoms with Crippen molar-refractivity contribution in [3.05, 3.63) is 65.6 Å². The molecule has 1 atom stereocenters. The topological polar surface area (TPSA) is 41.4 Å². The third kappa shape index (κ3) is 4.60. The molecule has 5 rings (SSSR count). The van der Waals surface area contributed by atoms with Crippen LogP contribution in [0.4, 0.5) is 4.39 Å². The van der Waals surface area contributed by atoms with Crippen LogP contribution in [0.25, 0.3) is 10.9 Å². The Kier molecular flexibility index (Phi) is 6.58. The number of fused-ring (bicyclic) bond motifs is 3. The molecular weight excluding hydrogens is 415 g/mol. The monoisotopic (exact) mass is 442 g/mol. The van der Waals surface area contributed by atoms with E-state index in [0.29, 0.717) is 5.92 Å². The van der Waals surface area contributed by atoms with E-state index in [4.69, 9.17) is 0 Å². The molecule has 1 fully saturated rings. The summed E-state index contributed by atoms with van der Waals surface area (Å²) in [4.78, 5) is 17.7. The molecule has 1 amide bonds. The number of amides is 1. The summed E-state index contributed by atoms with van der Waals surface area (Å²) in [6, 6.07) is 14.7. The molecule has 0 N–H and O–H groups in total. The molecule has 1 aromatic heterocycles. The normalized spacial score (nSPS) is 19.3. The van der Waals surface area contributed by atoms with Crippen LogP contribution in [0.1, 0.15) is 28.9 Å². The summed E-state index contributed by atoms with van der Waals surface area (Å²) >= 11 is 0. The SMILES string of the molecule is Cl.O=C1c2c3ccccc3nn2CCN1CC1CCCN(CCc2ccc(F)cc2)C1. The van der Waals surface area contributed by atoms with Crippen molar-refractivity contribution in [2.75, 3.05) is 32.7 Å². The van der Waals surface area contributed by atoms with Crippen molar-refractivity contribution in [2.45, 2.75) is 25.8 Å². The predicted molar refractivity (Wildman–Crippen MR) is 122 cm³/mol. The van der Waals surface area contributed by atoms with Gasteiger partial charge in [0.25, 0.3) is 5.91 Å². The first-order valence-electron chi connectivity index (χ1n) is 10.9. The van der Waals surface area contributed by atoms with Gasteiger partial charge in [-0.2, -0.15) is 5.10 Å². The van der Waals surface area contributed by atoms with Gasteiger partial charge in [-0.1, -0.05) is 30.3 Å². The molecule has 164 valence electrons. The van der Waals surface area contributed by atoms with E-state index in [2.05, 4.69) is 10.00 Å². The molecule has 5 nitrogen and oxygen atoms in total. The Hall–Kier alpha value is -2.44.